The Morgan fingerprint density at radius 1 is 1.14 bits per heavy atom. The van der Waals surface area contributed by atoms with Gasteiger partial charge in [-0.05, 0) is 42.7 Å². The van der Waals surface area contributed by atoms with Crippen LogP contribution in [-0.2, 0) is 6.54 Å². The number of pyridine rings is 2. The van der Waals surface area contributed by atoms with Crippen LogP contribution in [-0.4, -0.2) is 21.9 Å². The molecule has 1 fully saturated rings. The van der Waals surface area contributed by atoms with E-state index in [0.717, 1.165) is 11.3 Å². The van der Waals surface area contributed by atoms with Gasteiger partial charge in [0, 0.05) is 25.0 Å². The molecule has 1 aliphatic carbocycles. The van der Waals surface area contributed by atoms with Gasteiger partial charge in [0.25, 0.3) is 5.91 Å². The van der Waals surface area contributed by atoms with Crippen LogP contribution in [0, 0.1) is 0 Å². The average Bonchev–Trinajstić information content (AvgIpc) is 3.07. The summed E-state index contributed by atoms with van der Waals surface area (Å²) >= 11 is 0. The van der Waals surface area contributed by atoms with E-state index in [0.29, 0.717) is 18.3 Å². The van der Waals surface area contributed by atoms with Crippen LogP contribution in [0.2, 0.25) is 0 Å². The Labute approximate surface area is 130 Å². The number of nitrogens with zero attached hydrogens (tertiary/aromatic N) is 2. The molecule has 0 aromatic carbocycles. The van der Waals surface area contributed by atoms with Crippen molar-refractivity contribution in [3.05, 3.63) is 54.1 Å². The Morgan fingerprint density at radius 2 is 1.91 bits per heavy atom. The van der Waals surface area contributed by atoms with Crippen LogP contribution in [0.25, 0.3) is 0 Å². The molecule has 0 saturated heterocycles. The zero-order valence-electron chi connectivity index (χ0n) is 12.5. The lowest BCUT2D eigenvalue weighted by Crippen LogP contribution is -2.24. The Bertz CT molecular complexity index is 606. The van der Waals surface area contributed by atoms with Gasteiger partial charge in [0.15, 0.2) is 0 Å². The molecule has 1 saturated carbocycles. The number of aromatic nitrogens is 2. The lowest BCUT2D eigenvalue weighted by atomic mass is 10.2. The van der Waals surface area contributed by atoms with E-state index in [-0.39, 0.29) is 5.91 Å². The minimum atomic E-state index is -0.163. The molecular weight excluding hydrogens is 276 g/mol. The van der Waals surface area contributed by atoms with E-state index in [9.17, 15) is 4.79 Å². The van der Waals surface area contributed by atoms with E-state index in [4.69, 9.17) is 0 Å². The van der Waals surface area contributed by atoms with E-state index in [1.165, 1.54) is 25.7 Å². The monoisotopic (exact) mass is 296 g/mol. The van der Waals surface area contributed by atoms with Gasteiger partial charge in [-0.15, -0.1) is 0 Å². The number of nitrogens with one attached hydrogen (secondary N) is 2. The molecule has 1 aliphatic rings. The number of amides is 1. The first-order valence-corrected chi connectivity index (χ1v) is 7.71. The third kappa shape index (κ3) is 3.81. The second-order valence-electron chi connectivity index (χ2n) is 5.60. The normalized spacial score (nSPS) is 14.7. The number of carbonyl (C=O) groups is 1. The highest BCUT2D eigenvalue weighted by Gasteiger charge is 2.14. The van der Waals surface area contributed by atoms with E-state index in [1.807, 2.05) is 18.2 Å². The van der Waals surface area contributed by atoms with Crippen LogP contribution in [0.1, 0.15) is 41.7 Å². The van der Waals surface area contributed by atoms with Crippen molar-refractivity contribution in [3.63, 3.8) is 0 Å². The minimum Gasteiger partial charge on any atom is -0.381 e. The number of hydrogen-bond donors (Lipinski definition) is 2. The molecule has 2 N–H and O–H groups in total. The Kier molecular flexibility index (Phi) is 4.63. The lowest BCUT2D eigenvalue weighted by Gasteiger charge is -2.13. The summed E-state index contributed by atoms with van der Waals surface area (Å²) < 4.78 is 0. The minimum absolute atomic E-state index is 0.163. The predicted octanol–water partition coefficient (Wildman–Crippen LogP) is 2.76. The van der Waals surface area contributed by atoms with Crippen LogP contribution in [0.5, 0.6) is 0 Å². The smallest absolute Gasteiger partial charge is 0.270 e. The van der Waals surface area contributed by atoms with Crippen molar-refractivity contribution in [1.29, 1.82) is 0 Å². The van der Waals surface area contributed by atoms with Crippen molar-refractivity contribution < 1.29 is 4.79 Å². The van der Waals surface area contributed by atoms with Crippen molar-refractivity contribution in [1.82, 2.24) is 15.3 Å². The Morgan fingerprint density at radius 3 is 2.59 bits per heavy atom. The standard InChI is InChI=1S/C17H20N4O/c22-17(20-11-13-7-9-18-10-8-13)16-6-5-15(12-19-16)21-14-3-1-2-4-14/h5-10,12,14,21H,1-4,11H2,(H,20,22). The molecule has 5 heteroatoms. The van der Waals surface area contributed by atoms with Gasteiger partial charge < -0.3 is 10.6 Å². The maximum atomic E-state index is 12.1. The number of hydrogen-bond acceptors (Lipinski definition) is 4. The van der Waals surface area contributed by atoms with E-state index in [2.05, 4.69) is 20.6 Å². The van der Waals surface area contributed by atoms with E-state index in [1.54, 1.807) is 24.7 Å². The van der Waals surface area contributed by atoms with Gasteiger partial charge in [0.1, 0.15) is 5.69 Å². The zero-order valence-corrected chi connectivity index (χ0v) is 12.5. The van der Waals surface area contributed by atoms with Crippen LogP contribution in [0.15, 0.2) is 42.9 Å². The fourth-order valence-corrected chi connectivity index (χ4v) is 2.69. The summed E-state index contributed by atoms with van der Waals surface area (Å²) in [7, 11) is 0. The van der Waals surface area contributed by atoms with Gasteiger partial charge in [-0.2, -0.15) is 0 Å². The maximum absolute atomic E-state index is 12.1. The predicted molar refractivity (Wildman–Crippen MR) is 85.5 cm³/mol. The maximum Gasteiger partial charge on any atom is 0.270 e. The van der Waals surface area contributed by atoms with Gasteiger partial charge in [0.05, 0.1) is 11.9 Å². The van der Waals surface area contributed by atoms with Gasteiger partial charge >= 0.3 is 0 Å². The summed E-state index contributed by atoms with van der Waals surface area (Å²) in [4.78, 5) is 20.3. The first-order valence-electron chi connectivity index (χ1n) is 7.71. The van der Waals surface area contributed by atoms with Crippen LogP contribution >= 0.6 is 0 Å². The molecule has 0 spiro atoms. The third-order valence-corrected chi connectivity index (χ3v) is 3.92. The van der Waals surface area contributed by atoms with Gasteiger partial charge in [-0.1, -0.05) is 12.8 Å². The summed E-state index contributed by atoms with van der Waals surface area (Å²) in [6.45, 7) is 0.477. The van der Waals surface area contributed by atoms with Crippen molar-refractivity contribution in [3.8, 4) is 0 Å². The molecule has 3 rings (SSSR count). The molecule has 0 bridgehead atoms. The molecule has 0 aliphatic heterocycles. The summed E-state index contributed by atoms with van der Waals surface area (Å²) in [6.07, 6.45) is 10.2. The molecule has 5 nitrogen and oxygen atoms in total. The Balaban J connectivity index is 1.54. The summed E-state index contributed by atoms with van der Waals surface area (Å²) in [5.74, 6) is -0.163. The van der Waals surface area contributed by atoms with E-state index >= 15 is 0 Å². The molecule has 2 aromatic rings. The van der Waals surface area contributed by atoms with Crippen molar-refractivity contribution >= 4 is 11.6 Å². The molecule has 114 valence electrons. The second kappa shape index (κ2) is 7.02. The van der Waals surface area contributed by atoms with Crippen molar-refractivity contribution in [2.75, 3.05) is 5.32 Å². The molecule has 1 amide bonds. The van der Waals surface area contributed by atoms with Crippen LogP contribution in [0.4, 0.5) is 5.69 Å². The molecule has 0 unspecified atom stereocenters. The highest BCUT2D eigenvalue weighted by Crippen LogP contribution is 2.21. The molecular formula is C17H20N4O. The zero-order chi connectivity index (χ0) is 15.2. The van der Waals surface area contributed by atoms with E-state index < -0.39 is 0 Å². The van der Waals surface area contributed by atoms with Crippen molar-refractivity contribution in [2.45, 2.75) is 38.3 Å². The quantitative estimate of drug-likeness (QED) is 0.890. The summed E-state index contributed by atoms with van der Waals surface area (Å²) in [5.41, 5.74) is 2.44. The van der Waals surface area contributed by atoms with Crippen LogP contribution < -0.4 is 10.6 Å². The molecule has 2 aromatic heterocycles. The molecule has 2 heterocycles. The third-order valence-electron chi connectivity index (χ3n) is 3.92. The first kappa shape index (κ1) is 14.5. The highest BCUT2D eigenvalue weighted by molar-refractivity contribution is 5.92. The summed E-state index contributed by atoms with van der Waals surface area (Å²) in [5, 5.41) is 6.32. The lowest BCUT2D eigenvalue weighted by molar-refractivity contribution is 0.0946. The second-order valence-corrected chi connectivity index (χ2v) is 5.60. The number of anilines is 1. The number of carbonyl (C=O) groups excluding carboxylic acids is 1. The molecule has 22 heavy (non-hydrogen) atoms. The van der Waals surface area contributed by atoms with Crippen molar-refractivity contribution in [2.24, 2.45) is 0 Å². The SMILES string of the molecule is O=C(NCc1ccncc1)c1ccc(NC2CCCC2)cn1. The van der Waals surface area contributed by atoms with Gasteiger partial charge in [-0.3, -0.25) is 9.78 Å². The fourth-order valence-electron chi connectivity index (χ4n) is 2.69. The summed E-state index contributed by atoms with van der Waals surface area (Å²) in [6, 6.07) is 7.99. The topological polar surface area (TPSA) is 66.9 Å². The first-order chi connectivity index (χ1) is 10.8. The number of rotatable bonds is 5. The largest absolute Gasteiger partial charge is 0.381 e. The average molecular weight is 296 g/mol. The molecule has 0 atom stereocenters. The van der Waals surface area contributed by atoms with Gasteiger partial charge in [0.2, 0.25) is 0 Å². The molecule has 0 radical (unpaired) electrons. The fraction of sp³-hybridized carbons (Fsp3) is 0.353. The highest BCUT2D eigenvalue weighted by atomic mass is 16.1. The Hall–Kier alpha value is -2.43. The van der Waals surface area contributed by atoms with Crippen LogP contribution in [0.3, 0.4) is 0 Å². The van der Waals surface area contributed by atoms with Gasteiger partial charge in [-0.25, -0.2) is 4.98 Å².